The van der Waals surface area contributed by atoms with Crippen molar-refractivity contribution in [3.8, 4) is 0 Å². The molecule has 4 heteroatoms. The van der Waals surface area contributed by atoms with Crippen molar-refractivity contribution >= 4 is 5.97 Å². The molecule has 0 bridgehead atoms. The summed E-state index contributed by atoms with van der Waals surface area (Å²) in [5.41, 5.74) is 0. The van der Waals surface area contributed by atoms with Crippen LogP contribution in [0.3, 0.4) is 0 Å². The molecule has 0 aromatic rings. The average molecular weight is 170 g/mol. The molecule has 0 radical (unpaired) electrons. The van der Waals surface area contributed by atoms with E-state index < -0.39 is 18.6 Å². The number of alkyl halides is 1. The average Bonchev–Trinajstić information content (AvgIpc) is 1.82. The summed E-state index contributed by atoms with van der Waals surface area (Å²) >= 11 is 0. The third-order valence-electron chi connectivity index (χ3n) is 1.26. The second-order valence-corrected chi connectivity index (χ2v) is 2.32. The molecule has 1 unspecified atom stereocenters. The van der Waals surface area contributed by atoms with Crippen LogP contribution in [0.4, 0.5) is 4.39 Å². The van der Waals surface area contributed by atoms with Crippen LogP contribution in [0.2, 0.25) is 0 Å². The molecule has 0 aromatic carbocycles. The van der Waals surface area contributed by atoms with Gasteiger partial charge in [0.2, 0.25) is 0 Å². The van der Waals surface area contributed by atoms with Crippen LogP contribution in [-0.2, 0) is 4.79 Å². The quantitative estimate of drug-likeness (QED) is 0.434. The second kappa shape index (κ2) is 8.50. The number of carboxylic acid groups (broad SMARTS) is 1. The van der Waals surface area contributed by atoms with Crippen molar-refractivity contribution in [1.82, 2.24) is 0 Å². The van der Waals surface area contributed by atoms with Crippen LogP contribution in [0.25, 0.3) is 0 Å². The van der Waals surface area contributed by atoms with Gasteiger partial charge in [-0.3, -0.25) is 0 Å². The molecule has 60 valence electrons. The summed E-state index contributed by atoms with van der Waals surface area (Å²) in [6.45, 7) is 1.94. The topological polar surface area (TPSA) is 40.1 Å². The molecular weight excluding hydrogens is 158 g/mol. The first kappa shape index (κ1) is 14.0. The Labute approximate surface area is 88.5 Å². The minimum atomic E-state index is -1.30. The molecule has 2 nitrogen and oxygen atoms in total. The Morgan fingerprint density at radius 3 is 2.55 bits per heavy atom. The largest absolute Gasteiger partial charge is 1.00 e. The molecule has 0 rings (SSSR count). The maximum atomic E-state index is 12.4. The maximum Gasteiger partial charge on any atom is 1.00 e. The zero-order valence-electron chi connectivity index (χ0n) is 7.10. The standard InChI is InChI=1S/C7H13FO2.Na/c1-2-3-4-6(8)5-7(9)10;/h6H,2-5H2,1H3,(H,9,10);/q;+1/p-1. The molecule has 0 fully saturated rings. The Hall–Kier alpha value is 0.400. The first-order valence-electron chi connectivity index (χ1n) is 3.50. The monoisotopic (exact) mass is 170 g/mol. The molecule has 0 saturated heterocycles. The van der Waals surface area contributed by atoms with Gasteiger partial charge in [-0.2, -0.15) is 0 Å². The number of aliphatic carboxylic acids is 1. The van der Waals surface area contributed by atoms with E-state index in [1.807, 2.05) is 6.92 Å². The number of hydrogen-bond acceptors (Lipinski definition) is 2. The zero-order valence-corrected chi connectivity index (χ0v) is 9.10. The molecule has 0 heterocycles. The van der Waals surface area contributed by atoms with Gasteiger partial charge in [0.1, 0.15) is 6.17 Å². The number of halogens is 1. The van der Waals surface area contributed by atoms with Gasteiger partial charge >= 0.3 is 29.6 Å². The van der Waals surface area contributed by atoms with Gasteiger partial charge in [0, 0.05) is 12.4 Å². The van der Waals surface area contributed by atoms with Gasteiger partial charge in [-0.05, 0) is 6.42 Å². The Morgan fingerprint density at radius 1 is 1.64 bits per heavy atom. The second-order valence-electron chi connectivity index (χ2n) is 2.32. The summed E-state index contributed by atoms with van der Waals surface area (Å²) in [7, 11) is 0. The van der Waals surface area contributed by atoms with Crippen LogP contribution >= 0.6 is 0 Å². The van der Waals surface area contributed by atoms with Crippen molar-refractivity contribution in [3.05, 3.63) is 0 Å². The third-order valence-corrected chi connectivity index (χ3v) is 1.26. The van der Waals surface area contributed by atoms with Crippen molar-refractivity contribution < 1.29 is 43.8 Å². The van der Waals surface area contributed by atoms with Crippen LogP contribution in [-0.4, -0.2) is 12.1 Å². The van der Waals surface area contributed by atoms with E-state index in [2.05, 4.69) is 0 Å². The number of unbranched alkanes of at least 4 members (excludes halogenated alkanes) is 1. The summed E-state index contributed by atoms with van der Waals surface area (Å²) < 4.78 is 12.4. The zero-order chi connectivity index (χ0) is 7.98. The fourth-order valence-electron chi connectivity index (χ4n) is 0.709. The third kappa shape index (κ3) is 10.4. The van der Waals surface area contributed by atoms with E-state index in [1.54, 1.807) is 0 Å². The molecule has 11 heavy (non-hydrogen) atoms. The summed E-state index contributed by atoms with van der Waals surface area (Å²) in [6.07, 6.45) is 0.303. The van der Waals surface area contributed by atoms with Crippen LogP contribution in [0.15, 0.2) is 0 Å². The molecule has 0 aliphatic carbocycles. The van der Waals surface area contributed by atoms with E-state index in [1.165, 1.54) is 0 Å². The van der Waals surface area contributed by atoms with E-state index >= 15 is 0 Å². The van der Waals surface area contributed by atoms with E-state index in [0.29, 0.717) is 6.42 Å². The van der Waals surface area contributed by atoms with E-state index in [0.717, 1.165) is 12.8 Å². The molecule has 0 spiro atoms. The van der Waals surface area contributed by atoms with Gasteiger partial charge in [0.05, 0.1) is 0 Å². The van der Waals surface area contributed by atoms with Crippen molar-refractivity contribution in [1.29, 1.82) is 0 Å². The Bertz CT molecular complexity index is 109. The normalized spacial score (nSPS) is 11.8. The number of carbonyl (C=O) groups is 1. The van der Waals surface area contributed by atoms with Gasteiger partial charge in [-0.15, -0.1) is 0 Å². The Kier molecular flexibility index (Phi) is 10.8. The van der Waals surface area contributed by atoms with E-state index in [9.17, 15) is 14.3 Å². The molecular formula is C7H12FNaO2. The van der Waals surface area contributed by atoms with Crippen LogP contribution < -0.4 is 34.7 Å². The summed E-state index contributed by atoms with van der Waals surface area (Å²) in [6, 6.07) is 0. The van der Waals surface area contributed by atoms with Gasteiger partial charge in [-0.1, -0.05) is 19.8 Å². The van der Waals surface area contributed by atoms with E-state index in [4.69, 9.17) is 0 Å². The summed E-state index contributed by atoms with van der Waals surface area (Å²) in [5, 5.41) is 9.82. The first-order valence-corrected chi connectivity index (χ1v) is 3.50. The molecule has 0 aromatic heterocycles. The van der Waals surface area contributed by atoms with Crippen LogP contribution in [0.5, 0.6) is 0 Å². The Morgan fingerprint density at radius 2 is 2.18 bits per heavy atom. The fraction of sp³-hybridized carbons (Fsp3) is 0.857. The van der Waals surface area contributed by atoms with Gasteiger partial charge in [0.25, 0.3) is 0 Å². The van der Waals surface area contributed by atoms with E-state index in [-0.39, 0.29) is 29.6 Å². The van der Waals surface area contributed by atoms with Crippen molar-refractivity contribution in [3.63, 3.8) is 0 Å². The number of carbonyl (C=O) groups excluding carboxylic acids is 1. The minimum Gasteiger partial charge on any atom is -0.550 e. The molecule has 1 atom stereocenters. The summed E-state index contributed by atoms with van der Waals surface area (Å²) in [4.78, 5) is 9.82. The first-order chi connectivity index (χ1) is 4.66. The number of hydrogen-bond donors (Lipinski definition) is 0. The van der Waals surface area contributed by atoms with Gasteiger partial charge < -0.3 is 9.90 Å². The number of rotatable bonds is 5. The molecule has 0 N–H and O–H groups in total. The minimum absolute atomic E-state index is 0. The molecule has 0 amide bonds. The van der Waals surface area contributed by atoms with Crippen molar-refractivity contribution in [2.24, 2.45) is 0 Å². The summed E-state index contributed by atoms with van der Waals surface area (Å²) in [5.74, 6) is -1.30. The smallest absolute Gasteiger partial charge is 0.550 e. The fourth-order valence-corrected chi connectivity index (χ4v) is 0.709. The van der Waals surface area contributed by atoms with Gasteiger partial charge in [0.15, 0.2) is 0 Å². The predicted octanol–water partition coefficient (Wildman–Crippen LogP) is -2.34. The predicted molar refractivity (Wildman–Crippen MR) is 34.0 cm³/mol. The Balaban J connectivity index is 0. The maximum absolute atomic E-state index is 12.4. The van der Waals surface area contributed by atoms with Crippen molar-refractivity contribution in [2.45, 2.75) is 38.8 Å². The molecule has 0 aliphatic heterocycles. The van der Waals surface area contributed by atoms with Gasteiger partial charge in [-0.25, -0.2) is 4.39 Å². The molecule has 0 aliphatic rings. The van der Waals surface area contributed by atoms with Crippen LogP contribution in [0, 0.1) is 0 Å². The molecule has 0 saturated carbocycles. The van der Waals surface area contributed by atoms with Crippen LogP contribution in [0.1, 0.15) is 32.6 Å². The SMILES string of the molecule is CCCCC(F)CC(=O)[O-].[Na+]. The van der Waals surface area contributed by atoms with Crippen molar-refractivity contribution in [2.75, 3.05) is 0 Å². The number of carboxylic acids is 1.